The molecule has 0 aliphatic heterocycles. The molecule has 0 saturated heterocycles. The number of carbonyl (C=O) groups excluding carboxylic acids is 1. The van der Waals surface area contributed by atoms with Crippen molar-refractivity contribution in [1.29, 1.82) is 0 Å². The highest BCUT2D eigenvalue weighted by atomic mass is 79.9. The smallest absolute Gasteiger partial charge is 0.332 e. The fraction of sp³-hybridized carbons (Fsp3) is 0.125. The summed E-state index contributed by atoms with van der Waals surface area (Å²) in [4.78, 5) is 10.6. The van der Waals surface area contributed by atoms with Gasteiger partial charge in [0.2, 0.25) is 0 Å². The zero-order valence-corrected chi connectivity index (χ0v) is 14.0. The van der Waals surface area contributed by atoms with Gasteiger partial charge in [0.15, 0.2) is 11.5 Å². The van der Waals surface area contributed by atoms with Gasteiger partial charge in [-0.15, -0.1) is 0 Å². The molecule has 0 heterocycles. The molecule has 6 nitrogen and oxygen atoms in total. The van der Waals surface area contributed by atoms with Crippen LogP contribution in [0.4, 0.5) is 4.79 Å². The molecule has 2 amide bonds. The molecule has 7 heteroatoms. The predicted octanol–water partition coefficient (Wildman–Crippen LogP) is 3.04. The van der Waals surface area contributed by atoms with Gasteiger partial charge in [-0.25, -0.2) is 10.2 Å². The summed E-state index contributed by atoms with van der Waals surface area (Å²) >= 11 is 3.39. The number of hydrogen-bond donors (Lipinski definition) is 2. The first kappa shape index (κ1) is 16.8. The van der Waals surface area contributed by atoms with E-state index in [2.05, 4.69) is 26.5 Å². The van der Waals surface area contributed by atoms with E-state index in [1.807, 2.05) is 24.3 Å². The Morgan fingerprint density at radius 1 is 1.26 bits per heavy atom. The number of urea groups is 1. The molecule has 0 unspecified atom stereocenters. The third-order valence-corrected chi connectivity index (χ3v) is 3.41. The number of hydrogen-bond acceptors (Lipinski definition) is 4. The molecule has 0 aliphatic carbocycles. The highest BCUT2D eigenvalue weighted by molar-refractivity contribution is 9.10. The van der Waals surface area contributed by atoms with Gasteiger partial charge < -0.3 is 15.2 Å². The Hall–Kier alpha value is -2.54. The number of ether oxygens (including phenoxy) is 2. The maximum atomic E-state index is 10.6. The lowest BCUT2D eigenvalue weighted by Crippen LogP contribution is -2.24. The van der Waals surface area contributed by atoms with Crippen LogP contribution in [0.15, 0.2) is 52.0 Å². The SMILES string of the molecule is COc1cc(/C=N\NC(N)=O)ccc1OCc1ccc(Br)cc1. The first-order valence-corrected chi connectivity index (χ1v) is 7.51. The molecule has 0 atom stereocenters. The Labute approximate surface area is 142 Å². The van der Waals surface area contributed by atoms with Crippen molar-refractivity contribution >= 4 is 28.2 Å². The number of nitrogens with two attached hydrogens (primary N) is 1. The molecule has 2 aromatic carbocycles. The van der Waals surface area contributed by atoms with Crippen LogP contribution in [0.25, 0.3) is 0 Å². The third-order valence-electron chi connectivity index (χ3n) is 2.88. The lowest BCUT2D eigenvalue weighted by molar-refractivity contribution is 0.249. The molecule has 23 heavy (non-hydrogen) atoms. The number of nitrogens with one attached hydrogen (secondary N) is 1. The van der Waals surface area contributed by atoms with Crippen LogP contribution < -0.4 is 20.6 Å². The normalized spacial score (nSPS) is 10.5. The summed E-state index contributed by atoms with van der Waals surface area (Å²) in [5, 5.41) is 3.70. The zero-order chi connectivity index (χ0) is 16.7. The number of halogens is 1. The van der Waals surface area contributed by atoms with Gasteiger partial charge in [0.25, 0.3) is 0 Å². The Morgan fingerprint density at radius 2 is 2.00 bits per heavy atom. The molecule has 0 bridgehead atoms. The predicted molar refractivity (Wildman–Crippen MR) is 91.8 cm³/mol. The third kappa shape index (κ3) is 5.30. The van der Waals surface area contributed by atoms with Crippen LogP contribution in [-0.4, -0.2) is 19.4 Å². The number of nitrogens with zero attached hydrogens (tertiary/aromatic N) is 1. The average Bonchev–Trinajstić information content (AvgIpc) is 2.54. The largest absolute Gasteiger partial charge is 0.493 e. The molecule has 0 aliphatic rings. The minimum atomic E-state index is -0.720. The van der Waals surface area contributed by atoms with E-state index in [0.717, 1.165) is 15.6 Å². The summed E-state index contributed by atoms with van der Waals surface area (Å²) in [6, 6.07) is 12.5. The van der Waals surface area contributed by atoms with Crippen molar-refractivity contribution in [2.75, 3.05) is 7.11 Å². The number of amides is 2. The summed E-state index contributed by atoms with van der Waals surface area (Å²) in [6.45, 7) is 0.431. The fourth-order valence-corrected chi connectivity index (χ4v) is 2.06. The Balaban J connectivity index is 2.05. The van der Waals surface area contributed by atoms with Crippen LogP contribution in [-0.2, 0) is 6.61 Å². The van der Waals surface area contributed by atoms with Crippen LogP contribution in [0.5, 0.6) is 11.5 Å². The summed E-state index contributed by atoms with van der Waals surface area (Å²) in [6.07, 6.45) is 1.46. The molecule has 3 N–H and O–H groups in total. The fourth-order valence-electron chi connectivity index (χ4n) is 1.80. The van der Waals surface area contributed by atoms with Crippen molar-refractivity contribution < 1.29 is 14.3 Å². The van der Waals surface area contributed by atoms with Gasteiger partial charge in [0.1, 0.15) is 6.61 Å². The molecule has 0 radical (unpaired) electrons. The molecule has 120 valence electrons. The van der Waals surface area contributed by atoms with Crippen molar-refractivity contribution in [2.24, 2.45) is 10.8 Å². The molecule has 2 rings (SSSR count). The van der Waals surface area contributed by atoms with Crippen molar-refractivity contribution in [3.05, 3.63) is 58.1 Å². The van der Waals surface area contributed by atoms with Crippen LogP contribution in [0.1, 0.15) is 11.1 Å². The molecule has 2 aromatic rings. The van der Waals surface area contributed by atoms with Gasteiger partial charge in [-0.2, -0.15) is 5.10 Å². The number of benzene rings is 2. The molecule has 0 spiro atoms. The average molecular weight is 378 g/mol. The van der Waals surface area contributed by atoms with Gasteiger partial charge in [-0.3, -0.25) is 0 Å². The minimum absolute atomic E-state index is 0.431. The van der Waals surface area contributed by atoms with E-state index in [0.29, 0.717) is 18.1 Å². The molecule has 0 aromatic heterocycles. The molecule has 0 saturated carbocycles. The maximum Gasteiger partial charge on any atom is 0.332 e. The summed E-state index contributed by atoms with van der Waals surface area (Å²) in [5.41, 5.74) is 8.85. The second-order valence-corrected chi connectivity index (χ2v) is 5.48. The van der Waals surface area contributed by atoms with E-state index in [1.165, 1.54) is 6.21 Å². The summed E-state index contributed by atoms with van der Waals surface area (Å²) in [5.74, 6) is 1.19. The van der Waals surface area contributed by atoms with E-state index in [4.69, 9.17) is 15.2 Å². The van der Waals surface area contributed by atoms with Gasteiger partial charge in [-0.1, -0.05) is 28.1 Å². The number of methoxy groups -OCH3 is 1. The van der Waals surface area contributed by atoms with Crippen LogP contribution in [0, 0.1) is 0 Å². The van der Waals surface area contributed by atoms with E-state index in [-0.39, 0.29) is 0 Å². The van der Waals surface area contributed by atoms with Gasteiger partial charge in [-0.05, 0) is 41.5 Å². The monoisotopic (exact) mass is 377 g/mol. The quantitative estimate of drug-likeness (QED) is 0.599. The maximum absolute atomic E-state index is 10.6. The standard InChI is InChI=1S/C16H16BrN3O3/c1-22-15-8-12(9-19-20-16(18)21)4-7-14(15)23-10-11-2-5-13(17)6-3-11/h2-9H,10H2,1H3,(H3,18,20,21)/b19-9-. The zero-order valence-electron chi connectivity index (χ0n) is 12.5. The highest BCUT2D eigenvalue weighted by Crippen LogP contribution is 2.28. The van der Waals surface area contributed by atoms with Crippen molar-refractivity contribution in [3.8, 4) is 11.5 Å². The van der Waals surface area contributed by atoms with E-state index < -0.39 is 6.03 Å². The number of hydrazone groups is 1. The Morgan fingerprint density at radius 3 is 2.65 bits per heavy atom. The first-order chi connectivity index (χ1) is 11.1. The Kier molecular flexibility index (Phi) is 5.99. The van der Waals surface area contributed by atoms with Crippen molar-refractivity contribution in [1.82, 2.24) is 5.43 Å². The van der Waals surface area contributed by atoms with Gasteiger partial charge in [0, 0.05) is 4.47 Å². The van der Waals surface area contributed by atoms with Crippen molar-refractivity contribution in [2.45, 2.75) is 6.61 Å². The molecule has 0 fully saturated rings. The van der Waals surface area contributed by atoms with Crippen LogP contribution in [0.2, 0.25) is 0 Å². The lowest BCUT2D eigenvalue weighted by Gasteiger charge is -2.11. The second-order valence-electron chi connectivity index (χ2n) is 4.56. The molecular weight excluding hydrogens is 362 g/mol. The topological polar surface area (TPSA) is 85.9 Å². The van der Waals surface area contributed by atoms with Crippen LogP contribution >= 0.6 is 15.9 Å². The number of rotatable bonds is 6. The second kappa shape index (κ2) is 8.19. The van der Waals surface area contributed by atoms with Gasteiger partial charge in [0.05, 0.1) is 13.3 Å². The Bertz CT molecular complexity index is 702. The minimum Gasteiger partial charge on any atom is -0.493 e. The number of primary amides is 1. The highest BCUT2D eigenvalue weighted by Gasteiger charge is 2.05. The van der Waals surface area contributed by atoms with E-state index in [9.17, 15) is 4.79 Å². The van der Waals surface area contributed by atoms with E-state index in [1.54, 1.807) is 25.3 Å². The molecular formula is C16H16BrN3O3. The lowest BCUT2D eigenvalue weighted by atomic mass is 10.2. The van der Waals surface area contributed by atoms with E-state index >= 15 is 0 Å². The first-order valence-electron chi connectivity index (χ1n) is 6.72. The van der Waals surface area contributed by atoms with Crippen molar-refractivity contribution in [3.63, 3.8) is 0 Å². The summed E-state index contributed by atoms with van der Waals surface area (Å²) < 4.78 is 12.1. The van der Waals surface area contributed by atoms with Crippen LogP contribution in [0.3, 0.4) is 0 Å². The summed E-state index contributed by atoms with van der Waals surface area (Å²) in [7, 11) is 1.56. The van der Waals surface area contributed by atoms with Gasteiger partial charge >= 0.3 is 6.03 Å². The number of carbonyl (C=O) groups is 1.